The van der Waals surface area contributed by atoms with E-state index in [1.807, 2.05) is 18.3 Å². The van der Waals surface area contributed by atoms with Crippen LogP contribution in [0.2, 0.25) is 0 Å². The molecule has 2 atom stereocenters. The van der Waals surface area contributed by atoms with Crippen molar-refractivity contribution in [1.29, 1.82) is 0 Å². The highest BCUT2D eigenvalue weighted by Crippen LogP contribution is 2.43. The highest BCUT2D eigenvalue weighted by molar-refractivity contribution is 7.11. The Balaban J connectivity index is 1.57. The van der Waals surface area contributed by atoms with E-state index < -0.39 is 0 Å². The molecule has 2 aromatic rings. The lowest BCUT2D eigenvalue weighted by molar-refractivity contribution is 0.138. The molecule has 21 heavy (non-hydrogen) atoms. The Morgan fingerprint density at radius 2 is 2.33 bits per heavy atom. The molecule has 112 valence electrons. The molecule has 2 fully saturated rings. The lowest BCUT2D eigenvalue weighted by atomic mass is 9.81. The molecule has 4 heterocycles. The van der Waals surface area contributed by atoms with Gasteiger partial charge in [-0.25, -0.2) is 0 Å². The van der Waals surface area contributed by atoms with Crippen LogP contribution in [0.15, 0.2) is 16.7 Å². The molecule has 6 heteroatoms. The topological polar surface area (TPSA) is 51.4 Å². The zero-order valence-electron chi connectivity index (χ0n) is 12.3. The Labute approximate surface area is 127 Å². The van der Waals surface area contributed by atoms with Crippen molar-refractivity contribution in [2.45, 2.75) is 25.8 Å². The summed E-state index contributed by atoms with van der Waals surface area (Å²) in [5, 5.41) is 3.97. The lowest BCUT2D eigenvalue weighted by Gasteiger charge is -2.22. The molecule has 2 aromatic heterocycles. The van der Waals surface area contributed by atoms with Crippen LogP contribution < -0.4 is 0 Å². The van der Waals surface area contributed by atoms with E-state index in [-0.39, 0.29) is 5.41 Å². The van der Waals surface area contributed by atoms with Gasteiger partial charge in [-0.2, -0.15) is 4.98 Å². The molecule has 2 aliphatic heterocycles. The number of nitrogens with zero attached hydrogens (tertiary/aromatic N) is 3. The fourth-order valence-corrected chi connectivity index (χ4v) is 4.49. The van der Waals surface area contributed by atoms with E-state index in [9.17, 15) is 0 Å². The van der Waals surface area contributed by atoms with Gasteiger partial charge in [0.05, 0.1) is 18.6 Å². The monoisotopic (exact) mass is 305 g/mol. The van der Waals surface area contributed by atoms with Crippen molar-refractivity contribution in [3.63, 3.8) is 0 Å². The predicted molar refractivity (Wildman–Crippen MR) is 79.4 cm³/mol. The van der Waals surface area contributed by atoms with Crippen LogP contribution in [0.25, 0.3) is 0 Å². The molecule has 2 aliphatic rings. The number of aryl methyl sites for hydroxylation is 2. The van der Waals surface area contributed by atoms with Crippen LogP contribution in [-0.4, -0.2) is 41.3 Å². The Kier molecular flexibility index (Phi) is 3.13. The molecule has 0 saturated carbocycles. The average Bonchev–Trinajstić information content (AvgIpc) is 3.14. The third kappa shape index (κ3) is 2.22. The standard InChI is InChI=1S/C15H19N3O2S/c1-10-3-4-13(21-10)6-18-5-12-7-19-9-15(12,8-18)14-16-11(2)17-20-14/h3-4,12H,5-9H2,1-2H3/t12-,15-/m0/s1. The van der Waals surface area contributed by atoms with Crippen LogP contribution in [0.1, 0.15) is 21.5 Å². The van der Waals surface area contributed by atoms with Gasteiger partial charge in [-0.05, 0) is 26.0 Å². The first kappa shape index (κ1) is 13.4. The quantitative estimate of drug-likeness (QED) is 0.869. The number of hydrogen-bond acceptors (Lipinski definition) is 6. The molecular weight excluding hydrogens is 286 g/mol. The SMILES string of the molecule is Cc1noc([C@@]23COC[C@@H]2CN(Cc2ccc(C)s2)C3)n1. The summed E-state index contributed by atoms with van der Waals surface area (Å²) in [6, 6.07) is 4.42. The Hall–Kier alpha value is -1.24. The Morgan fingerprint density at radius 3 is 3.05 bits per heavy atom. The summed E-state index contributed by atoms with van der Waals surface area (Å²) in [5.41, 5.74) is -0.104. The van der Waals surface area contributed by atoms with Gasteiger partial charge >= 0.3 is 0 Å². The minimum atomic E-state index is -0.104. The maximum Gasteiger partial charge on any atom is 0.236 e. The van der Waals surface area contributed by atoms with E-state index >= 15 is 0 Å². The first-order chi connectivity index (χ1) is 10.2. The molecular formula is C15H19N3O2S. The minimum Gasteiger partial charge on any atom is -0.380 e. The van der Waals surface area contributed by atoms with Crippen molar-refractivity contribution in [3.05, 3.63) is 33.6 Å². The number of ether oxygens (including phenoxy) is 1. The number of fused-ring (bicyclic) bond motifs is 1. The molecule has 0 aliphatic carbocycles. The van der Waals surface area contributed by atoms with E-state index in [2.05, 4.69) is 34.1 Å². The zero-order valence-corrected chi connectivity index (χ0v) is 13.2. The van der Waals surface area contributed by atoms with Gasteiger partial charge in [-0.15, -0.1) is 11.3 Å². The molecule has 0 unspecified atom stereocenters. The van der Waals surface area contributed by atoms with E-state index in [0.29, 0.717) is 18.3 Å². The van der Waals surface area contributed by atoms with Crippen LogP contribution in [0.3, 0.4) is 0 Å². The largest absolute Gasteiger partial charge is 0.380 e. The van der Waals surface area contributed by atoms with Gasteiger partial charge in [-0.3, -0.25) is 4.90 Å². The molecule has 2 saturated heterocycles. The Morgan fingerprint density at radius 1 is 1.43 bits per heavy atom. The molecule has 0 bridgehead atoms. The van der Waals surface area contributed by atoms with Gasteiger partial charge < -0.3 is 9.26 Å². The first-order valence-corrected chi connectivity index (χ1v) is 8.13. The molecule has 4 rings (SSSR count). The summed E-state index contributed by atoms with van der Waals surface area (Å²) in [4.78, 5) is 9.78. The van der Waals surface area contributed by atoms with E-state index in [0.717, 1.165) is 32.1 Å². The number of rotatable bonds is 3. The smallest absolute Gasteiger partial charge is 0.236 e. The summed E-state index contributed by atoms with van der Waals surface area (Å²) in [6.45, 7) is 8.50. The zero-order chi connectivity index (χ0) is 14.4. The predicted octanol–water partition coefficient (Wildman–Crippen LogP) is 2.15. The van der Waals surface area contributed by atoms with Crippen molar-refractivity contribution >= 4 is 11.3 Å². The molecule has 0 aromatic carbocycles. The van der Waals surface area contributed by atoms with E-state index in [1.165, 1.54) is 9.75 Å². The van der Waals surface area contributed by atoms with Gasteiger partial charge in [0.1, 0.15) is 0 Å². The summed E-state index contributed by atoms with van der Waals surface area (Å²) in [5.74, 6) is 1.92. The summed E-state index contributed by atoms with van der Waals surface area (Å²) in [6.07, 6.45) is 0. The van der Waals surface area contributed by atoms with Crippen molar-refractivity contribution in [3.8, 4) is 0 Å². The highest BCUT2D eigenvalue weighted by Gasteiger charge is 2.55. The average molecular weight is 305 g/mol. The third-order valence-corrected chi connectivity index (χ3v) is 5.56. The number of likely N-dealkylation sites (tertiary alicyclic amines) is 1. The van der Waals surface area contributed by atoms with Crippen LogP contribution >= 0.6 is 11.3 Å². The van der Waals surface area contributed by atoms with Crippen LogP contribution in [0.5, 0.6) is 0 Å². The summed E-state index contributed by atoms with van der Waals surface area (Å²) in [7, 11) is 0. The van der Waals surface area contributed by atoms with Crippen LogP contribution in [0.4, 0.5) is 0 Å². The van der Waals surface area contributed by atoms with Crippen LogP contribution in [0, 0.1) is 19.8 Å². The van der Waals surface area contributed by atoms with Gasteiger partial charge in [-0.1, -0.05) is 5.16 Å². The van der Waals surface area contributed by atoms with E-state index in [4.69, 9.17) is 9.26 Å². The number of hydrogen-bond donors (Lipinski definition) is 0. The molecule has 0 amide bonds. The minimum absolute atomic E-state index is 0.104. The maximum atomic E-state index is 5.73. The number of aromatic nitrogens is 2. The molecule has 0 spiro atoms. The molecule has 0 radical (unpaired) electrons. The fourth-order valence-electron chi connectivity index (χ4n) is 3.55. The van der Waals surface area contributed by atoms with Crippen molar-refractivity contribution in [2.24, 2.45) is 5.92 Å². The van der Waals surface area contributed by atoms with Crippen molar-refractivity contribution < 1.29 is 9.26 Å². The van der Waals surface area contributed by atoms with Gasteiger partial charge in [0.2, 0.25) is 5.89 Å². The molecule has 0 N–H and O–H groups in total. The maximum absolute atomic E-state index is 5.73. The van der Waals surface area contributed by atoms with E-state index in [1.54, 1.807) is 0 Å². The fraction of sp³-hybridized carbons (Fsp3) is 0.600. The normalized spacial score (nSPS) is 29.1. The number of thiophene rings is 1. The van der Waals surface area contributed by atoms with Gasteiger partial charge in [0.15, 0.2) is 5.82 Å². The van der Waals surface area contributed by atoms with Gasteiger partial charge in [0.25, 0.3) is 0 Å². The van der Waals surface area contributed by atoms with Crippen molar-refractivity contribution in [1.82, 2.24) is 15.0 Å². The van der Waals surface area contributed by atoms with Gasteiger partial charge in [0, 0.05) is 35.3 Å². The first-order valence-electron chi connectivity index (χ1n) is 7.32. The molecule has 5 nitrogen and oxygen atoms in total. The van der Waals surface area contributed by atoms with Crippen LogP contribution in [-0.2, 0) is 16.7 Å². The Bertz CT molecular complexity index is 653. The second-order valence-corrected chi connectivity index (χ2v) is 7.57. The van der Waals surface area contributed by atoms with Crippen molar-refractivity contribution in [2.75, 3.05) is 26.3 Å². The summed E-state index contributed by atoms with van der Waals surface area (Å²) >= 11 is 1.88. The summed E-state index contributed by atoms with van der Waals surface area (Å²) < 4.78 is 11.2. The third-order valence-electron chi connectivity index (χ3n) is 4.57. The second kappa shape index (κ2) is 4.90. The lowest BCUT2D eigenvalue weighted by Crippen LogP contribution is -2.35. The highest BCUT2D eigenvalue weighted by atomic mass is 32.1. The second-order valence-electron chi connectivity index (χ2n) is 6.20.